The number of hydrogen-bond donors (Lipinski definition) is 1. The fraction of sp³-hybridized carbons (Fsp3) is 0.619. The van der Waals surface area contributed by atoms with Crippen molar-refractivity contribution in [3.8, 4) is 0 Å². The molecule has 1 saturated carbocycles. The van der Waals surface area contributed by atoms with Crippen molar-refractivity contribution in [2.24, 2.45) is 5.92 Å². The van der Waals surface area contributed by atoms with Crippen LogP contribution < -0.4 is 4.90 Å². The summed E-state index contributed by atoms with van der Waals surface area (Å²) in [5.74, 6) is -0.629. The lowest BCUT2D eigenvalue weighted by molar-refractivity contribution is -0.141. The van der Waals surface area contributed by atoms with Gasteiger partial charge in [0.25, 0.3) is 5.91 Å². The van der Waals surface area contributed by atoms with Gasteiger partial charge in [-0.05, 0) is 68.7 Å². The lowest BCUT2D eigenvalue weighted by Gasteiger charge is -2.33. The lowest BCUT2D eigenvalue weighted by Crippen LogP contribution is -2.46. The van der Waals surface area contributed by atoms with E-state index in [0.29, 0.717) is 17.9 Å². The molecule has 1 N–H and O–H groups in total. The van der Waals surface area contributed by atoms with Crippen LogP contribution in [0, 0.1) is 5.92 Å². The molecular formula is C21H28N2O3. The van der Waals surface area contributed by atoms with Crippen molar-refractivity contribution >= 4 is 17.6 Å². The van der Waals surface area contributed by atoms with Crippen molar-refractivity contribution in [2.45, 2.75) is 63.5 Å². The van der Waals surface area contributed by atoms with E-state index in [-0.39, 0.29) is 11.9 Å². The summed E-state index contributed by atoms with van der Waals surface area (Å²) < 4.78 is 0. The van der Waals surface area contributed by atoms with Crippen molar-refractivity contribution < 1.29 is 14.7 Å². The van der Waals surface area contributed by atoms with Crippen LogP contribution >= 0.6 is 0 Å². The Bertz CT molecular complexity index is 666. The summed E-state index contributed by atoms with van der Waals surface area (Å²) in [5.41, 5.74) is 1.77. The molecule has 5 nitrogen and oxygen atoms in total. The Morgan fingerprint density at radius 2 is 1.62 bits per heavy atom. The van der Waals surface area contributed by atoms with Gasteiger partial charge in [0.2, 0.25) is 0 Å². The van der Waals surface area contributed by atoms with E-state index in [1.165, 1.54) is 19.3 Å². The smallest absolute Gasteiger partial charge is 0.326 e. The third kappa shape index (κ3) is 3.19. The number of fused-ring (bicyclic) bond motifs is 1. The fourth-order valence-electron chi connectivity index (χ4n) is 5.09. The highest BCUT2D eigenvalue weighted by molar-refractivity contribution is 5.97. The number of aliphatic carboxylic acids is 1. The van der Waals surface area contributed by atoms with Gasteiger partial charge in [0.1, 0.15) is 6.04 Å². The molecule has 2 heterocycles. The molecule has 1 aromatic rings. The van der Waals surface area contributed by atoms with Crippen molar-refractivity contribution in [3.05, 3.63) is 29.8 Å². The number of carboxylic acid groups (broad SMARTS) is 1. The summed E-state index contributed by atoms with van der Waals surface area (Å²) in [6, 6.07) is 7.21. The maximum atomic E-state index is 13.2. The van der Waals surface area contributed by atoms with E-state index in [1.807, 2.05) is 24.3 Å². The van der Waals surface area contributed by atoms with Crippen LogP contribution in [0.4, 0.5) is 5.69 Å². The van der Waals surface area contributed by atoms with E-state index in [4.69, 9.17) is 0 Å². The molecule has 1 aliphatic carbocycles. The van der Waals surface area contributed by atoms with Crippen LogP contribution in [0.5, 0.6) is 0 Å². The highest BCUT2D eigenvalue weighted by Crippen LogP contribution is 2.40. The van der Waals surface area contributed by atoms with E-state index in [2.05, 4.69) is 4.90 Å². The Balaban J connectivity index is 1.54. The molecule has 0 radical (unpaired) electrons. The first kappa shape index (κ1) is 17.4. The largest absolute Gasteiger partial charge is 0.480 e. The summed E-state index contributed by atoms with van der Waals surface area (Å²) in [5, 5.41) is 9.64. The SMILES string of the molecule is O=C(O)C1CC2CCCCC2N1C(=O)c1ccc(N2CCCCC2)cc1. The summed E-state index contributed by atoms with van der Waals surface area (Å²) >= 11 is 0. The first-order chi connectivity index (χ1) is 12.6. The van der Waals surface area contributed by atoms with Gasteiger partial charge in [-0.3, -0.25) is 4.79 Å². The zero-order chi connectivity index (χ0) is 18.1. The van der Waals surface area contributed by atoms with Crippen LogP contribution in [-0.4, -0.2) is 47.1 Å². The number of nitrogens with zero attached hydrogens (tertiary/aromatic N) is 2. The van der Waals surface area contributed by atoms with Crippen LogP contribution in [0.3, 0.4) is 0 Å². The second kappa shape index (κ2) is 7.29. The number of rotatable bonds is 3. The van der Waals surface area contributed by atoms with Gasteiger partial charge in [-0.1, -0.05) is 12.8 Å². The predicted octanol–water partition coefficient (Wildman–Crippen LogP) is 3.53. The molecule has 3 unspecified atom stereocenters. The predicted molar refractivity (Wildman–Crippen MR) is 100 cm³/mol. The van der Waals surface area contributed by atoms with Gasteiger partial charge in [-0.2, -0.15) is 0 Å². The summed E-state index contributed by atoms with van der Waals surface area (Å²) in [6.07, 6.45) is 8.57. The molecule has 1 aromatic carbocycles. The minimum absolute atomic E-state index is 0.0964. The molecule has 2 saturated heterocycles. The zero-order valence-electron chi connectivity index (χ0n) is 15.3. The highest BCUT2D eigenvalue weighted by Gasteiger charge is 2.47. The molecule has 140 valence electrons. The third-order valence-corrected chi connectivity index (χ3v) is 6.44. The van der Waals surface area contributed by atoms with E-state index in [1.54, 1.807) is 4.90 Å². The molecule has 0 bridgehead atoms. The quantitative estimate of drug-likeness (QED) is 0.900. The number of likely N-dealkylation sites (tertiary alicyclic amines) is 1. The topological polar surface area (TPSA) is 60.9 Å². The maximum Gasteiger partial charge on any atom is 0.326 e. The fourth-order valence-corrected chi connectivity index (χ4v) is 5.09. The first-order valence-corrected chi connectivity index (χ1v) is 10.1. The Morgan fingerprint density at radius 3 is 2.31 bits per heavy atom. The van der Waals surface area contributed by atoms with Crippen LogP contribution in [0.25, 0.3) is 0 Å². The summed E-state index contributed by atoms with van der Waals surface area (Å²) in [7, 11) is 0. The number of carboxylic acids is 1. The molecule has 1 amide bonds. The number of benzene rings is 1. The van der Waals surface area contributed by atoms with E-state index >= 15 is 0 Å². The Kier molecular flexibility index (Phi) is 4.88. The van der Waals surface area contributed by atoms with Gasteiger partial charge in [-0.25, -0.2) is 4.79 Å². The molecule has 0 spiro atoms. The number of carbonyl (C=O) groups is 2. The monoisotopic (exact) mass is 356 g/mol. The first-order valence-electron chi connectivity index (χ1n) is 10.1. The van der Waals surface area contributed by atoms with Gasteiger partial charge in [0.15, 0.2) is 0 Å². The van der Waals surface area contributed by atoms with Gasteiger partial charge in [0, 0.05) is 30.4 Å². The third-order valence-electron chi connectivity index (χ3n) is 6.44. The second-order valence-corrected chi connectivity index (χ2v) is 8.01. The standard InChI is InChI=1S/C21H28N2O3/c24-20(15-8-10-17(11-9-15)22-12-4-1-5-13-22)23-18-7-3-2-6-16(18)14-19(23)21(25)26/h8-11,16,18-19H,1-7,12-14H2,(H,25,26). The van der Waals surface area contributed by atoms with Crippen LogP contribution in [0.15, 0.2) is 24.3 Å². The van der Waals surface area contributed by atoms with Gasteiger partial charge < -0.3 is 14.9 Å². The van der Waals surface area contributed by atoms with E-state index in [0.717, 1.165) is 44.5 Å². The Labute approximate surface area is 155 Å². The average molecular weight is 356 g/mol. The van der Waals surface area contributed by atoms with Gasteiger partial charge in [-0.15, -0.1) is 0 Å². The van der Waals surface area contributed by atoms with Crippen molar-refractivity contribution in [3.63, 3.8) is 0 Å². The van der Waals surface area contributed by atoms with Crippen molar-refractivity contribution in [2.75, 3.05) is 18.0 Å². The normalized spacial score (nSPS) is 28.7. The van der Waals surface area contributed by atoms with Crippen LogP contribution in [0.1, 0.15) is 61.7 Å². The molecule has 3 fully saturated rings. The zero-order valence-corrected chi connectivity index (χ0v) is 15.3. The average Bonchev–Trinajstić information content (AvgIpc) is 3.08. The summed E-state index contributed by atoms with van der Waals surface area (Å²) in [4.78, 5) is 29.0. The lowest BCUT2D eigenvalue weighted by atomic mass is 9.84. The molecule has 5 heteroatoms. The highest BCUT2D eigenvalue weighted by atomic mass is 16.4. The number of anilines is 1. The van der Waals surface area contributed by atoms with Crippen LogP contribution in [-0.2, 0) is 4.79 Å². The number of piperidine rings is 1. The van der Waals surface area contributed by atoms with E-state index < -0.39 is 12.0 Å². The van der Waals surface area contributed by atoms with Gasteiger partial charge in [0.05, 0.1) is 0 Å². The van der Waals surface area contributed by atoms with E-state index in [9.17, 15) is 14.7 Å². The second-order valence-electron chi connectivity index (χ2n) is 8.01. The number of hydrogen-bond acceptors (Lipinski definition) is 3. The number of amides is 1. The molecule has 4 rings (SSSR count). The minimum atomic E-state index is -0.863. The van der Waals surface area contributed by atoms with Crippen molar-refractivity contribution in [1.29, 1.82) is 0 Å². The molecule has 3 aliphatic rings. The molecule has 26 heavy (non-hydrogen) atoms. The molecule has 0 aromatic heterocycles. The minimum Gasteiger partial charge on any atom is -0.480 e. The number of carbonyl (C=O) groups excluding carboxylic acids is 1. The Hall–Kier alpha value is -2.04. The summed E-state index contributed by atoms with van der Waals surface area (Å²) in [6.45, 7) is 2.15. The van der Waals surface area contributed by atoms with Crippen LogP contribution in [0.2, 0.25) is 0 Å². The van der Waals surface area contributed by atoms with Crippen molar-refractivity contribution in [1.82, 2.24) is 4.90 Å². The van der Waals surface area contributed by atoms with Gasteiger partial charge >= 0.3 is 5.97 Å². The molecule has 3 atom stereocenters. The molecular weight excluding hydrogens is 328 g/mol. The Morgan fingerprint density at radius 1 is 0.923 bits per heavy atom. The maximum absolute atomic E-state index is 13.2. The molecule has 2 aliphatic heterocycles.